The van der Waals surface area contributed by atoms with Crippen LogP contribution in [-0.2, 0) is 0 Å². The molecule has 4 unspecified atom stereocenters. The molecule has 1 saturated heterocycles. The van der Waals surface area contributed by atoms with Crippen molar-refractivity contribution in [1.29, 1.82) is 0 Å². The molecule has 0 bridgehead atoms. The Balaban J connectivity index is 1.93. The molecule has 2 rings (SSSR count). The number of aliphatic hydroxyl groups is 1. The molecule has 0 spiro atoms. The van der Waals surface area contributed by atoms with E-state index in [1.54, 1.807) is 0 Å². The van der Waals surface area contributed by atoms with Crippen molar-refractivity contribution < 1.29 is 5.11 Å². The van der Waals surface area contributed by atoms with Crippen LogP contribution in [0.5, 0.6) is 0 Å². The van der Waals surface area contributed by atoms with Crippen LogP contribution in [0.25, 0.3) is 0 Å². The highest BCUT2D eigenvalue weighted by Gasteiger charge is 2.42. The van der Waals surface area contributed by atoms with Gasteiger partial charge in [-0.1, -0.05) is 20.8 Å². The Bertz CT molecular complexity index is 269. The van der Waals surface area contributed by atoms with Crippen LogP contribution in [0.15, 0.2) is 0 Å². The Labute approximate surface area is 110 Å². The minimum Gasteiger partial charge on any atom is -0.392 e. The highest BCUT2D eigenvalue weighted by molar-refractivity contribution is 8.00. The van der Waals surface area contributed by atoms with E-state index in [9.17, 15) is 5.11 Å². The Kier molecular flexibility index (Phi) is 4.11. The number of thioether (sulfide) groups is 1. The Morgan fingerprint density at radius 2 is 2.06 bits per heavy atom. The lowest BCUT2D eigenvalue weighted by atomic mass is 9.87. The Morgan fingerprint density at radius 3 is 2.65 bits per heavy atom. The molecule has 17 heavy (non-hydrogen) atoms. The summed E-state index contributed by atoms with van der Waals surface area (Å²) >= 11 is 2.08. The van der Waals surface area contributed by atoms with Gasteiger partial charge in [0.25, 0.3) is 0 Å². The third-order valence-corrected chi connectivity index (χ3v) is 6.23. The van der Waals surface area contributed by atoms with Crippen molar-refractivity contribution in [3.8, 4) is 0 Å². The summed E-state index contributed by atoms with van der Waals surface area (Å²) in [7, 11) is 0. The van der Waals surface area contributed by atoms with Crippen LogP contribution in [0.1, 0.15) is 40.5 Å². The molecule has 2 nitrogen and oxygen atoms in total. The normalized spacial score (nSPS) is 42.9. The molecule has 1 aliphatic carbocycles. The summed E-state index contributed by atoms with van der Waals surface area (Å²) in [6.45, 7) is 11.4. The lowest BCUT2D eigenvalue weighted by Crippen LogP contribution is -2.48. The van der Waals surface area contributed by atoms with Crippen LogP contribution in [0.3, 0.4) is 0 Å². The van der Waals surface area contributed by atoms with Crippen LogP contribution >= 0.6 is 11.8 Å². The summed E-state index contributed by atoms with van der Waals surface area (Å²) in [5.41, 5.74) is 0.129. The highest BCUT2D eigenvalue weighted by Crippen LogP contribution is 2.42. The van der Waals surface area contributed by atoms with Gasteiger partial charge in [-0.15, -0.1) is 0 Å². The summed E-state index contributed by atoms with van der Waals surface area (Å²) in [6, 6.07) is 0.657. The molecule has 1 saturated carbocycles. The number of rotatable bonds is 2. The number of aliphatic hydroxyl groups excluding tert-OH is 1. The van der Waals surface area contributed by atoms with Gasteiger partial charge < -0.3 is 5.11 Å². The second-order valence-electron chi connectivity index (χ2n) is 6.54. The zero-order chi connectivity index (χ0) is 12.6. The zero-order valence-electron chi connectivity index (χ0n) is 11.6. The largest absolute Gasteiger partial charge is 0.392 e. The summed E-state index contributed by atoms with van der Waals surface area (Å²) in [5, 5.41) is 11.1. The second-order valence-corrected chi connectivity index (χ2v) is 8.03. The van der Waals surface area contributed by atoms with E-state index >= 15 is 0 Å². The van der Waals surface area contributed by atoms with Crippen molar-refractivity contribution in [2.24, 2.45) is 11.3 Å². The first-order valence-electron chi connectivity index (χ1n) is 6.95. The average Bonchev–Trinajstić information content (AvgIpc) is 2.52. The molecular formula is C14H27NOS. The van der Waals surface area contributed by atoms with Gasteiger partial charge in [-0.3, -0.25) is 4.90 Å². The summed E-state index contributed by atoms with van der Waals surface area (Å²) in [5.74, 6) is 1.74. The lowest BCUT2D eigenvalue weighted by molar-refractivity contribution is 0.0279. The van der Waals surface area contributed by atoms with Crippen molar-refractivity contribution in [1.82, 2.24) is 4.90 Å². The van der Waals surface area contributed by atoms with Crippen molar-refractivity contribution in [2.75, 3.05) is 18.8 Å². The summed E-state index contributed by atoms with van der Waals surface area (Å²) in [4.78, 5) is 2.59. The van der Waals surface area contributed by atoms with Crippen molar-refractivity contribution in [2.45, 2.75) is 57.9 Å². The van der Waals surface area contributed by atoms with E-state index in [2.05, 4.69) is 44.4 Å². The van der Waals surface area contributed by atoms with Gasteiger partial charge in [-0.25, -0.2) is 0 Å². The SMILES string of the molecule is CC1SCCN(CC2CCC(C)(C)C2O)C1C. The first kappa shape index (κ1) is 13.7. The second kappa shape index (κ2) is 5.10. The fourth-order valence-electron chi connectivity index (χ4n) is 3.25. The maximum atomic E-state index is 10.4. The first-order valence-corrected chi connectivity index (χ1v) is 8.00. The molecule has 0 aromatic heterocycles. The van der Waals surface area contributed by atoms with Crippen molar-refractivity contribution in [3.63, 3.8) is 0 Å². The molecule has 100 valence electrons. The quantitative estimate of drug-likeness (QED) is 0.822. The third kappa shape index (κ3) is 2.82. The fourth-order valence-corrected chi connectivity index (χ4v) is 4.41. The third-order valence-electron chi connectivity index (χ3n) is 4.89. The molecule has 2 aliphatic rings. The van der Waals surface area contributed by atoms with Gasteiger partial charge in [-0.2, -0.15) is 11.8 Å². The summed E-state index contributed by atoms with van der Waals surface area (Å²) < 4.78 is 0. The van der Waals surface area contributed by atoms with Crippen LogP contribution in [0, 0.1) is 11.3 Å². The van der Waals surface area contributed by atoms with Crippen LogP contribution in [0.4, 0.5) is 0 Å². The molecule has 0 radical (unpaired) electrons. The van der Waals surface area contributed by atoms with E-state index in [0.717, 1.165) is 11.8 Å². The van der Waals surface area contributed by atoms with Gasteiger partial charge in [0.1, 0.15) is 0 Å². The minimum absolute atomic E-state index is 0.111. The molecule has 3 heteroatoms. The van der Waals surface area contributed by atoms with Crippen molar-refractivity contribution >= 4 is 11.8 Å². The van der Waals surface area contributed by atoms with E-state index in [1.807, 2.05) is 0 Å². The zero-order valence-corrected chi connectivity index (χ0v) is 12.5. The van der Waals surface area contributed by atoms with E-state index in [1.165, 1.54) is 25.1 Å². The van der Waals surface area contributed by atoms with Crippen LogP contribution in [0.2, 0.25) is 0 Å². The molecule has 1 aliphatic heterocycles. The van der Waals surface area contributed by atoms with Gasteiger partial charge in [0, 0.05) is 30.1 Å². The fraction of sp³-hybridized carbons (Fsp3) is 1.00. The standard InChI is InChI=1S/C14H27NOS/c1-10-11(2)17-8-7-15(10)9-12-5-6-14(3,4)13(12)16/h10-13,16H,5-9H2,1-4H3. The van der Waals surface area contributed by atoms with Gasteiger partial charge in [0.05, 0.1) is 6.10 Å². The average molecular weight is 257 g/mol. The van der Waals surface area contributed by atoms with E-state index in [4.69, 9.17) is 0 Å². The highest BCUT2D eigenvalue weighted by atomic mass is 32.2. The van der Waals surface area contributed by atoms with Crippen molar-refractivity contribution in [3.05, 3.63) is 0 Å². The molecule has 1 N–H and O–H groups in total. The van der Waals surface area contributed by atoms with E-state index in [-0.39, 0.29) is 11.5 Å². The van der Waals surface area contributed by atoms with Crippen LogP contribution in [-0.4, -0.2) is 46.2 Å². The maximum absolute atomic E-state index is 10.4. The predicted molar refractivity (Wildman–Crippen MR) is 75.5 cm³/mol. The first-order chi connectivity index (χ1) is 7.92. The molecule has 1 heterocycles. The van der Waals surface area contributed by atoms with Gasteiger partial charge in [0.15, 0.2) is 0 Å². The monoisotopic (exact) mass is 257 g/mol. The van der Waals surface area contributed by atoms with Gasteiger partial charge in [0.2, 0.25) is 0 Å². The summed E-state index contributed by atoms with van der Waals surface area (Å²) in [6.07, 6.45) is 2.25. The topological polar surface area (TPSA) is 23.5 Å². The molecule has 4 atom stereocenters. The van der Waals surface area contributed by atoms with E-state index in [0.29, 0.717) is 12.0 Å². The number of hydrogen-bond donors (Lipinski definition) is 1. The van der Waals surface area contributed by atoms with Crippen LogP contribution < -0.4 is 0 Å². The van der Waals surface area contributed by atoms with Gasteiger partial charge >= 0.3 is 0 Å². The number of hydrogen-bond acceptors (Lipinski definition) is 3. The lowest BCUT2D eigenvalue weighted by Gasteiger charge is -2.39. The van der Waals surface area contributed by atoms with Gasteiger partial charge in [-0.05, 0) is 31.1 Å². The Hall–Kier alpha value is 0.270. The minimum atomic E-state index is -0.111. The predicted octanol–water partition coefficient (Wildman–Crippen LogP) is 2.61. The number of nitrogens with zero attached hydrogens (tertiary/aromatic N) is 1. The van der Waals surface area contributed by atoms with E-state index < -0.39 is 0 Å². The molecular weight excluding hydrogens is 230 g/mol. The molecule has 0 aromatic carbocycles. The maximum Gasteiger partial charge on any atom is 0.0631 e. The molecule has 0 amide bonds. The molecule has 2 fully saturated rings. The Morgan fingerprint density at radius 1 is 1.35 bits per heavy atom. The smallest absolute Gasteiger partial charge is 0.0631 e. The molecule has 0 aromatic rings.